The average molecular weight is 530 g/mol. The molecule has 1 N–H and O–H groups in total. The van der Waals surface area contributed by atoms with Gasteiger partial charge in [-0.3, -0.25) is 19.3 Å². The second-order valence-corrected chi connectivity index (χ2v) is 9.61. The number of thioether (sulfide) groups is 1. The number of nitrogens with zero attached hydrogens (tertiary/aromatic N) is 2. The number of anilines is 1. The summed E-state index contributed by atoms with van der Waals surface area (Å²) in [5, 5.41) is 3.04. The number of carbonyl (C=O) groups excluding carboxylic acids is 3. The molecule has 0 atom stereocenters. The normalized spacial score (nSPS) is 14.7. The van der Waals surface area contributed by atoms with Crippen molar-refractivity contribution in [3.8, 4) is 11.4 Å². The highest BCUT2D eigenvalue weighted by Crippen LogP contribution is 2.35. The molecule has 35 heavy (non-hydrogen) atoms. The molecule has 1 aliphatic rings. The summed E-state index contributed by atoms with van der Waals surface area (Å²) < 4.78 is 7.46. The van der Waals surface area contributed by atoms with Gasteiger partial charge in [-0.1, -0.05) is 35.3 Å². The summed E-state index contributed by atoms with van der Waals surface area (Å²) >= 11 is 13.1. The molecule has 10 heteroatoms. The minimum Gasteiger partial charge on any atom is -0.495 e. The molecule has 0 spiro atoms. The fraction of sp³-hybridized carbons (Fsp3) is 0.160. The summed E-state index contributed by atoms with van der Waals surface area (Å²) in [5.74, 6) is -0.403. The lowest BCUT2D eigenvalue weighted by Crippen LogP contribution is -2.36. The van der Waals surface area contributed by atoms with Crippen LogP contribution in [0, 0.1) is 13.8 Å². The number of aromatic nitrogens is 1. The van der Waals surface area contributed by atoms with Gasteiger partial charge in [-0.25, -0.2) is 0 Å². The Hall–Kier alpha value is -3.20. The van der Waals surface area contributed by atoms with Crippen molar-refractivity contribution in [2.45, 2.75) is 13.8 Å². The Bertz CT molecular complexity index is 1380. The van der Waals surface area contributed by atoms with Crippen LogP contribution >= 0.6 is 35.0 Å². The van der Waals surface area contributed by atoms with E-state index in [2.05, 4.69) is 5.32 Å². The minimum atomic E-state index is -0.528. The second kappa shape index (κ2) is 10.2. The van der Waals surface area contributed by atoms with Crippen LogP contribution in [0.25, 0.3) is 11.8 Å². The van der Waals surface area contributed by atoms with Gasteiger partial charge < -0.3 is 14.6 Å². The third-order valence-electron chi connectivity index (χ3n) is 5.46. The molecule has 4 rings (SSSR count). The summed E-state index contributed by atoms with van der Waals surface area (Å²) in [6, 6.07) is 14.0. The zero-order valence-electron chi connectivity index (χ0n) is 19.1. The molecule has 0 saturated carbocycles. The van der Waals surface area contributed by atoms with E-state index in [1.54, 1.807) is 55.7 Å². The molecule has 1 aliphatic heterocycles. The lowest BCUT2D eigenvalue weighted by molar-refractivity contribution is -0.127. The Kier molecular flexibility index (Phi) is 7.25. The molecule has 2 aromatic carbocycles. The highest BCUT2D eigenvalue weighted by molar-refractivity contribution is 8.18. The summed E-state index contributed by atoms with van der Waals surface area (Å²) in [6.07, 6.45) is 1.66. The molecule has 2 heterocycles. The van der Waals surface area contributed by atoms with Gasteiger partial charge in [0.05, 0.1) is 28.4 Å². The van der Waals surface area contributed by atoms with Crippen LogP contribution in [-0.4, -0.2) is 40.2 Å². The number of carbonyl (C=O) groups is 3. The molecule has 1 fully saturated rings. The van der Waals surface area contributed by atoms with E-state index in [0.717, 1.165) is 39.3 Å². The van der Waals surface area contributed by atoms with Gasteiger partial charge in [0.15, 0.2) is 0 Å². The van der Waals surface area contributed by atoms with Crippen molar-refractivity contribution in [2.75, 3.05) is 19.0 Å². The maximum absolute atomic E-state index is 13.0. The van der Waals surface area contributed by atoms with Crippen molar-refractivity contribution in [1.82, 2.24) is 9.47 Å². The number of amides is 3. The van der Waals surface area contributed by atoms with Gasteiger partial charge in [0.25, 0.3) is 11.1 Å². The van der Waals surface area contributed by atoms with Crippen LogP contribution in [0.1, 0.15) is 17.0 Å². The highest BCUT2D eigenvalue weighted by Gasteiger charge is 2.36. The van der Waals surface area contributed by atoms with E-state index in [0.29, 0.717) is 21.5 Å². The molecular formula is C25H21Cl2N3O4S. The zero-order valence-corrected chi connectivity index (χ0v) is 21.4. The first kappa shape index (κ1) is 24.9. The SMILES string of the molecule is COc1ccc(Cl)cc1-n1c(C)cc(/C=C2/SC(=O)N(CC(=O)Nc3ccccc3Cl)C2=O)c1C. The third kappa shape index (κ3) is 5.10. The largest absolute Gasteiger partial charge is 0.495 e. The molecule has 3 aromatic rings. The molecule has 0 bridgehead atoms. The van der Waals surface area contributed by atoms with E-state index >= 15 is 0 Å². The first-order valence-corrected chi connectivity index (χ1v) is 12.1. The fourth-order valence-corrected chi connectivity index (χ4v) is 4.99. The predicted octanol–water partition coefficient (Wildman–Crippen LogP) is 6.08. The van der Waals surface area contributed by atoms with Gasteiger partial charge in [-0.15, -0.1) is 0 Å². The van der Waals surface area contributed by atoms with Gasteiger partial charge in [0, 0.05) is 16.4 Å². The van der Waals surface area contributed by atoms with E-state index in [-0.39, 0.29) is 4.91 Å². The lowest BCUT2D eigenvalue weighted by Gasteiger charge is -2.14. The van der Waals surface area contributed by atoms with Crippen LogP contribution in [0.15, 0.2) is 53.4 Å². The van der Waals surface area contributed by atoms with E-state index in [1.807, 2.05) is 24.5 Å². The molecule has 1 aromatic heterocycles. The van der Waals surface area contributed by atoms with E-state index in [1.165, 1.54) is 0 Å². The molecule has 180 valence electrons. The summed E-state index contributed by atoms with van der Waals surface area (Å²) in [6.45, 7) is 3.42. The summed E-state index contributed by atoms with van der Waals surface area (Å²) in [5.41, 5.74) is 3.67. The Morgan fingerprint density at radius 3 is 2.57 bits per heavy atom. The van der Waals surface area contributed by atoms with Crippen LogP contribution < -0.4 is 10.1 Å². The zero-order chi connectivity index (χ0) is 25.3. The fourth-order valence-electron chi connectivity index (χ4n) is 3.82. The van der Waals surface area contributed by atoms with E-state index < -0.39 is 23.6 Å². The van der Waals surface area contributed by atoms with Crippen molar-refractivity contribution < 1.29 is 19.1 Å². The third-order valence-corrected chi connectivity index (χ3v) is 6.93. The van der Waals surface area contributed by atoms with Crippen LogP contribution in [0.2, 0.25) is 10.0 Å². The maximum atomic E-state index is 13.0. The standard InChI is InChI=1S/C25H21Cl2N3O4S/c1-14-10-16(15(2)30(14)20-12-17(26)8-9-21(20)34-3)11-22-24(32)29(25(33)35-22)13-23(31)28-19-7-5-4-6-18(19)27/h4-12H,13H2,1-3H3,(H,28,31)/b22-11+. The monoisotopic (exact) mass is 529 g/mol. The Balaban J connectivity index is 1.57. The number of ether oxygens (including phenoxy) is 1. The number of methoxy groups -OCH3 is 1. The molecule has 0 radical (unpaired) electrons. The number of hydrogen-bond donors (Lipinski definition) is 1. The number of imide groups is 1. The molecule has 1 saturated heterocycles. The van der Waals surface area contributed by atoms with Crippen LogP contribution in [0.3, 0.4) is 0 Å². The number of hydrogen-bond acceptors (Lipinski definition) is 5. The summed E-state index contributed by atoms with van der Waals surface area (Å²) in [7, 11) is 1.58. The Labute approximate surface area is 216 Å². The molecule has 7 nitrogen and oxygen atoms in total. The predicted molar refractivity (Wildman–Crippen MR) is 140 cm³/mol. The smallest absolute Gasteiger partial charge is 0.294 e. The maximum Gasteiger partial charge on any atom is 0.294 e. The Morgan fingerprint density at radius 1 is 1.11 bits per heavy atom. The number of halogens is 2. The molecule has 3 amide bonds. The van der Waals surface area contributed by atoms with E-state index in [4.69, 9.17) is 27.9 Å². The van der Waals surface area contributed by atoms with Crippen molar-refractivity contribution in [3.05, 3.63) is 80.4 Å². The number of nitrogens with one attached hydrogen (secondary N) is 1. The van der Waals surface area contributed by atoms with Crippen molar-refractivity contribution >= 4 is 63.8 Å². The first-order chi connectivity index (χ1) is 16.7. The molecule has 0 aliphatic carbocycles. The topological polar surface area (TPSA) is 80.6 Å². The Morgan fingerprint density at radius 2 is 1.86 bits per heavy atom. The number of para-hydroxylation sites is 1. The van der Waals surface area contributed by atoms with Gasteiger partial charge >= 0.3 is 0 Å². The van der Waals surface area contributed by atoms with Crippen LogP contribution in [0.5, 0.6) is 5.75 Å². The van der Waals surface area contributed by atoms with Crippen molar-refractivity contribution in [3.63, 3.8) is 0 Å². The average Bonchev–Trinajstić information content (AvgIpc) is 3.24. The first-order valence-electron chi connectivity index (χ1n) is 10.5. The van der Waals surface area contributed by atoms with Crippen LogP contribution in [-0.2, 0) is 9.59 Å². The number of benzene rings is 2. The quantitative estimate of drug-likeness (QED) is 0.391. The van der Waals surface area contributed by atoms with Gasteiger partial charge in [0.1, 0.15) is 12.3 Å². The van der Waals surface area contributed by atoms with E-state index in [9.17, 15) is 14.4 Å². The highest BCUT2D eigenvalue weighted by atomic mass is 35.5. The second-order valence-electron chi connectivity index (χ2n) is 7.77. The lowest BCUT2D eigenvalue weighted by atomic mass is 10.2. The van der Waals surface area contributed by atoms with Gasteiger partial charge in [-0.2, -0.15) is 0 Å². The molecule has 0 unspecified atom stereocenters. The number of aryl methyl sites for hydroxylation is 1. The van der Waals surface area contributed by atoms with Gasteiger partial charge in [0.2, 0.25) is 5.91 Å². The number of rotatable bonds is 6. The van der Waals surface area contributed by atoms with Crippen molar-refractivity contribution in [2.24, 2.45) is 0 Å². The summed E-state index contributed by atoms with van der Waals surface area (Å²) in [4.78, 5) is 39.1. The van der Waals surface area contributed by atoms with Crippen LogP contribution in [0.4, 0.5) is 10.5 Å². The van der Waals surface area contributed by atoms with Crippen molar-refractivity contribution in [1.29, 1.82) is 0 Å². The van der Waals surface area contributed by atoms with Gasteiger partial charge in [-0.05, 0) is 73.6 Å². The molecular weight excluding hydrogens is 509 g/mol. The minimum absolute atomic E-state index is 0.235.